The van der Waals surface area contributed by atoms with Gasteiger partial charge in [-0.15, -0.1) is 0 Å². The lowest BCUT2D eigenvalue weighted by molar-refractivity contribution is -0.149. The molecule has 0 aromatic carbocycles. The summed E-state index contributed by atoms with van der Waals surface area (Å²) in [6.07, 6.45) is 9.81. The highest BCUT2D eigenvalue weighted by molar-refractivity contribution is 5.71. The quantitative estimate of drug-likeness (QED) is 0.607. The molecule has 2 rings (SSSR count). The van der Waals surface area contributed by atoms with Crippen molar-refractivity contribution in [3.05, 3.63) is 0 Å². The number of esters is 1. The van der Waals surface area contributed by atoms with Crippen LogP contribution < -0.4 is 0 Å². The summed E-state index contributed by atoms with van der Waals surface area (Å²) in [5.41, 5.74) is 0. The first-order valence-electron chi connectivity index (χ1n) is 10.1. The SMILES string of the molecule is CC(C)C(=O)OCC(C)C1CCC(C2CCCC(C)C2C)CC1. The molecule has 0 bridgehead atoms. The van der Waals surface area contributed by atoms with Crippen LogP contribution in [0.3, 0.4) is 0 Å². The van der Waals surface area contributed by atoms with E-state index < -0.39 is 0 Å². The molecule has 0 aliphatic heterocycles. The van der Waals surface area contributed by atoms with Crippen molar-refractivity contribution in [3.8, 4) is 0 Å². The maximum Gasteiger partial charge on any atom is 0.308 e. The molecule has 2 nitrogen and oxygen atoms in total. The van der Waals surface area contributed by atoms with E-state index in [1.165, 1.54) is 44.9 Å². The van der Waals surface area contributed by atoms with Crippen LogP contribution in [0, 0.1) is 41.4 Å². The number of ether oxygens (including phenoxy) is 1. The lowest BCUT2D eigenvalue weighted by Gasteiger charge is -2.42. The molecule has 2 heteroatoms. The molecule has 0 aromatic rings. The second kappa shape index (κ2) is 8.53. The van der Waals surface area contributed by atoms with Crippen LogP contribution in [0.2, 0.25) is 0 Å². The molecule has 23 heavy (non-hydrogen) atoms. The Bertz CT molecular complexity index is 368. The number of hydrogen-bond acceptors (Lipinski definition) is 2. The van der Waals surface area contributed by atoms with Gasteiger partial charge in [0.2, 0.25) is 0 Å². The average Bonchev–Trinajstić information content (AvgIpc) is 2.55. The predicted molar refractivity (Wildman–Crippen MR) is 96.1 cm³/mol. The van der Waals surface area contributed by atoms with Crippen molar-refractivity contribution >= 4 is 5.97 Å². The third kappa shape index (κ3) is 4.97. The van der Waals surface area contributed by atoms with Crippen LogP contribution in [0.4, 0.5) is 0 Å². The van der Waals surface area contributed by atoms with Crippen molar-refractivity contribution in [2.24, 2.45) is 41.4 Å². The number of carbonyl (C=O) groups excluding carboxylic acids is 1. The van der Waals surface area contributed by atoms with Gasteiger partial charge in [-0.05, 0) is 67.6 Å². The Kier molecular flexibility index (Phi) is 6.98. The van der Waals surface area contributed by atoms with Crippen molar-refractivity contribution < 1.29 is 9.53 Å². The Morgan fingerprint density at radius 2 is 1.65 bits per heavy atom. The highest BCUT2D eigenvalue weighted by Crippen LogP contribution is 2.45. The Hall–Kier alpha value is -0.530. The summed E-state index contributed by atoms with van der Waals surface area (Å²) in [5.74, 6) is 4.96. The fourth-order valence-corrected chi connectivity index (χ4v) is 4.95. The molecule has 0 spiro atoms. The van der Waals surface area contributed by atoms with Crippen molar-refractivity contribution in [2.45, 2.75) is 79.6 Å². The molecule has 0 radical (unpaired) electrons. The van der Waals surface area contributed by atoms with Gasteiger partial charge < -0.3 is 4.74 Å². The smallest absolute Gasteiger partial charge is 0.308 e. The van der Waals surface area contributed by atoms with Gasteiger partial charge in [0, 0.05) is 0 Å². The van der Waals surface area contributed by atoms with E-state index in [1.54, 1.807) is 0 Å². The fraction of sp³-hybridized carbons (Fsp3) is 0.952. The average molecular weight is 323 g/mol. The van der Waals surface area contributed by atoms with E-state index in [0.717, 1.165) is 29.6 Å². The van der Waals surface area contributed by atoms with Crippen LogP contribution >= 0.6 is 0 Å². The summed E-state index contributed by atoms with van der Waals surface area (Å²) in [6.45, 7) is 11.6. The Labute approximate surface area is 143 Å². The second-order valence-electron chi connectivity index (χ2n) is 8.87. The standard InChI is InChI=1S/C21H38O2/c1-14(2)21(22)23-13-16(4)18-9-11-19(12-10-18)20-8-6-7-15(3)17(20)5/h14-20H,6-13H2,1-5H3. The molecule has 0 N–H and O–H groups in total. The van der Waals surface area contributed by atoms with Gasteiger partial charge >= 0.3 is 5.97 Å². The van der Waals surface area contributed by atoms with E-state index in [1.807, 2.05) is 13.8 Å². The molecule has 0 aromatic heterocycles. The Morgan fingerprint density at radius 3 is 2.26 bits per heavy atom. The highest BCUT2D eigenvalue weighted by atomic mass is 16.5. The summed E-state index contributed by atoms with van der Waals surface area (Å²) in [4.78, 5) is 11.6. The zero-order chi connectivity index (χ0) is 17.0. The summed E-state index contributed by atoms with van der Waals surface area (Å²) in [6, 6.07) is 0. The van der Waals surface area contributed by atoms with Gasteiger partial charge in [0.25, 0.3) is 0 Å². The van der Waals surface area contributed by atoms with Crippen molar-refractivity contribution in [1.29, 1.82) is 0 Å². The van der Waals surface area contributed by atoms with Gasteiger partial charge in [-0.2, -0.15) is 0 Å². The monoisotopic (exact) mass is 322 g/mol. The van der Waals surface area contributed by atoms with Gasteiger partial charge in [0.1, 0.15) is 0 Å². The zero-order valence-corrected chi connectivity index (χ0v) is 16.0. The normalized spacial score (nSPS) is 36.7. The van der Waals surface area contributed by atoms with Crippen LogP contribution in [-0.2, 0) is 9.53 Å². The van der Waals surface area contributed by atoms with Crippen molar-refractivity contribution in [3.63, 3.8) is 0 Å². The van der Waals surface area contributed by atoms with E-state index in [9.17, 15) is 4.79 Å². The first-order valence-corrected chi connectivity index (χ1v) is 10.1. The van der Waals surface area contributed by atoms with Crippen LogP contribution in [0.15, 0.2) is 0 Å². The minimum atomic E-state index is -0.0458. The highest BCUT2D eigenvalue weighted by Gasteiger charge is 2.36. The van der Waals surface area contributed by atoms with E-state index in [-0.39, 0.29) is 11.9 Å². The van der Waals surface area contributed by atoms with Crippen LogP contribution in [0.25, 0.3) is 0 Å². The lowest BCUT2D eigenvalue weighted by Crippen LogP contribution is -2.33. The van der Waals surface area contributed by atoms with Gasteiger partial charge in [0.15, 0.2) is 0 Å². The molecule has 0 saturated heterocycles. The van der Waals surface area contributed by atoms with Gasteiger partial charge in [-0.25, -0.2) is 0 Å². The molecule has 2 aliphatic carbocycles. The molecule has 2 saturated carbocycles. The van der Waals surface area contributed by atoms with E-state index >= 15 is 0 Å². The molecular formula is C21H38O2. The minimum Gasteiger partial charge on any atom is -0.465 e. The van der Waals surface area contributed by atoms with Gasteiger partial charge in [-0.1, -0.05) is 47.5 Å². The molecule has 2 fully saturated rings. The largest absolute Gasteiger partial charge is 0.465 e. The second-order valence-corrected chi connectivity index (χ2v) is 8.87. The Morgan fingerprint density at radius 1 is 1.00 bits per heavy atom. The van der Waals surface area contributed by atoms with E-state index in [0.29, 0.717) is 12.5 Å². The summed E-state index contributed by atoms with van der Waals surface area (Å²) >= 11 is 0. The van der Waals surface area contributed by atoms with Crippen LogP contribution in [0.1, 0.15) is 79.6 Å². The molecule has 0 amide bonds. The van der Waals surface area contributed by atoms with Crippen LogP contribution in [-0.4, -0.2) is 12.6 Å². The number of rotatable bonds is 5. The van der Waals surface area contributed by atoms with Gasteiger partial charge in [0.05, 0.1) is 12.5 Å². The molecule has 134 valence electrons. The molecular weight excluding hydrogens is 284 g/mol. The lowest BCUT2D eigenvalue weighted by atomic mass is 9.63. The fourth-order valence-electron chi connectivity index (χ4n) is 4.95. The molecule has 2 aliphatic rings. The first-order chi connectivity index (χ1) is 10.9. The minimum absolute atomic E-state index is 0.00675. The first kappa shape index (κ1) is 18.8. The maximum atomic E-state index is 11.6. The van der Waals surface area contributed by atoms with E-state index in [2.05, 4.69) is 20.8 Å². The van der Waals surface area contributed by atoms with Crippen molar-refractivity contribution in [1.82, 2.24) is 0 Å². The summed E-state index contributed by atoms with van der Waals surface area (Å²) in [7, 11) is 0. The summed E-state index contributed by atoms with van der Waals surface area (Å²) < 4.78 is 5.45. The van der Waals surface area contributed by atoms with Gasteiger partial charge in [-0.3, -0.25) is 4.79 Å². The number of carbonyl (C=O) groups is 1. The zero-order valence-electron chi connectivity index (χ0n) is 16.0. The van der Waals surface area contributed by atoms with Crippen molar-refractivity contribution in [2.75, 3.05) is 6.61 Å². The molecule has 4 atom stereocenters. The summed E-state index contributed by atoms with van der Waals surface area (Å²) in [5, 5.41) is 0. The Balaban J connectivity index is 1.76. The topological polar surface area (TPSA) is 26.3 Å². The third-order valence-electron chi connectivity index (χ3n) is 6.96. The maximum absolute atomic E-state index is 11.6. The third-order valence-corrected chi connectivity index (χ3v) is 6.96. The van der Waals surface area contributed by atoms with E-state index in [4.69, 9.17) is 4.74 Å². The predicted octanol–water partition coefficient (Wildman–Crippen LogP) is 5.70. The number of hydrogen-bond donors (Lipinski definition) is 0. The molecule has 0 heterocycles. The molecule has 4 unspecified atom stereocenters. The van der Waals surface area contributed by atoms with Crippen LogP contribution in [0.5, 0.6) is 0 Å².